The maximum atomic E-state index is 13.4. The molecule has 34 heavy (non-hydrogen) atoms. The van der Waals surface area contributed by atoms with Crippen LogP contribution in [0, 0.1) is 5.82 Å². The molecule has 3 aromatic rings. The van der Waals surface area contributed by atoms with E-state index in [4.69, 9.17) is 9.47 Å². The predicted octanol–water partition coefficient (Wildman–Crippen LogP) is 4.04. The number of aromatic nitrogens is 2. The second-order valence-corrected chi connectivity index (χ2v) is 7.99. The van der Waals surface area contributed by atoms with Gasteiger partial charge in [0.2, 0.25) is 0 Å². The molecule has 1 aromatic heterocycles. The number of fused-ring (bicyclic) bond motifs is 1. The molecule has 2 aromatic carbocycles. The predicted molar refractivity (Wildman–Crippen MR) is 124 cm³/mol. The Morgan fingerprint density at radius 2 is 1.97 bits per heavy atom. The van der Waals surface area contributed by atoms with Gasteiger partial charge in [-0.1, -0.05) is 24.3 Å². The summed E-state index contributed by atoms with van der Waals surface area (Å²) in [6.45, 7) is 3.39. The summed E-state index contributed by atoms with van der Waals surface area (Å²) < 4.78 is 26.1. The van der Waals surface area contributed by atoms with Crippen molar-refractivity contribution in [3.05, 3.63) is 82.4 Å². The number of urea groups is 1. The van der Waals surface area contributed by atoms with Gasteiger partial charge in [-0.15, -0.1) is 0 Å². The van der Waals surface area contributed by atoms with Crippen LogP contribution in [0.25, 0.3) is 0 Å². The molecule has 2 heterocycles. The number of amides is 2. The zero-order valence-corrected chi connectivity index (χ0v) is 19.2. The number of nitrogens with zero attached hydrogens (tertiary/aromatic N) is 3. The van der Waals surface area contributed by atoms with E-state index in [1.807, 2.05) is 11.7 Å². The highest BCUT2D eigenvalue weighted by molar-refractivity contribution is 6.00. The van der Waals surface area contributed by atoms with Crippen LogP contribution >= 0.6 is 0 Å². The van der Waals surface area contributed by atoms with Crippen LogP contribution in [0.2, 0.25) is 0 Å². The van der Waals surface area contributed by atoms with E-state index >= 15 is 0 Å². The number of esters is 1. The van der Waals surface area contributed by atoms with E-state index < -0.39 is 5.97 Å². The first kappa shape index (κ1) is 23.4. The molecule has 0 atom stereocenters. The van der Waals surface area contributed by atoms with Gasteiger partial charge >= 0.3 is 12.0 Å². The van der Waals surface area contributed by atoms with Crippen molar-refractivity contribution >= 4 is 17.7 Å². The van der Waals surface area contributed by atoms with Crippen molar-refractivity contribution in [3.8, 4) is 0 Å². The average molecular weight is 467 g/mol. The summed E-state index contributed by atoms with van der Waals surface area (Å²) in [5.41, 5.74) is 4.20. The van der Waals surface area contributed by atoms with Gasteiger partial charge in [-0.25, -0.2) is 14.0 Å². The van der Waals surface area contributed by atoms with Crippen LogP contribution in [0.5, 0.6) is 0 Å². The zero-order valence-electron chi connectivity index (χ0n) is 19.2. The van der Waals surface area contributed by atoms with Crippen LogP contribution in [-0.4, -0.2) is 39.8 Å². The molecule has 0 spiro atoms. The minimum absolute atomic E-state index is 0.251. The Bertz CT molecular complexity index is 1190. The Hall–Kier alpha value is -3.72. The number of aryl methyl sites for hydroxylation is 1. The Balaban J connectivity index is 1.43. The van der Waals surface area contributed by atoms with E-state index in [0.717, 1.165) is 22.5 Å². The minimum Gasteiger partial charge on any atom is -0.462 e. The molecule has 0 saturated heterocycles. The van der Waals surface area contributed by atoms with Crippen LogP contribution in [0.4, 0.5) is 14.9 Å². The number of hydrogen-bond acceptors (Lipinski definition) is 5. The molecule has 4 rings (SSSR count). The van der Waals surface area contributed by atoms with Crippen LogP contribution < -0.4 is 5.32 Å². The van der Waals surface area contributed by atoms with Crippen molar-refractivity contribution in [2.24, 2.45) is 7.05 Å². The van der Waals surface area contributed by atoms with E-state index in [9.17, 15) is 14.0 Å². The first-order valence-corrected chi connectivity index (χ1v) is 11.1. The van der Waals surface area contributed by atoms with Gasteiger partial charge in [0.05, 0.1) is 43.3 Å². The van der Waals surface area contributed by atoms with Gasteiger partial charge in [-0.2, -0.15) is 5.10 Å². The summed E-state index contributed by atoms with van der Waals surface area (Å²) in [5, 5.41) is 7.41. The molecular weight excluding hydrogens is 439 g/mol. The number of rotatable bonds is 7. The highest BCUT2D eigenvalue weighted by Crippen LogP contribution is 2.24. The minimum atomic E-state index is -0.482. The van der Waals surface area contributed by atoms with Gasteiger partial charge in [0, 0.05) is 31.3 Å². The van der Waals surface area contributed by atoms with Crippen molar-refractivity contribution in [2.45, 2.75) is 33.1 Å². The number of halogens is 1. The molecule has 178 valence electrons. The quantitative estimate of drug-likeness (QED) is 0.531. The number of carbonyl (C=O) groups is 2. The molecule has 0 fully saturated rings. The Kier molecular flexibility index (Phi) is 7.22. The average Bonchev–Trinajstić information content (AvgIpc) is 3.14. The van der Waals surface area contributed by atoms with E-state index in [0.29, 0.717) is 30.8 Å². The molecule has 0 saturated carbocycles. The summed E-state index contributed by atoms with van der Waals surface area (Å²) in [4.78, 5) is 26.9. The lowest BCUT2D eigenvalue weighted by atomic mass is 10.1. The van der Waals surface area contributed by atoms with Gasteiger partial charge in [0.1, 0.15) is 5.82 Å². The Morgan fingerprint density at radius 3 is 2.76 bits per heavy atom. The molecule has 1 aliphatic heterocycles. The zero-order chi connectivity index (χ0) is 24.1. The third-order valence-corrected chi connectivity index (χ3v) is 5.67. The normalized spacial score (nSPS) is 12.9. The molecule has 0 radical (unpaired) electrons. The number of benzene rings is 2. The largest absolute Gasteiger partial charge is 0.462 e. The van der Waals surface area contributed by atoms with E-state index in [-0.39, 0.29) is 31.7 Å². The monoisotopic (exact) mass is 466 g/mol. The van der Waals surface area contributed by atoms with Crippen molar-refractivity contribution in [3.63, 3.8) is 0 Å². The first-order chi connectivity index (χ1) is 16.5. The number of anilines is 1. The lowest BCUT2D eigenvalue weighted by molar-refractivity contribution is 0.0527. The van der Waals surface area contributed by atoms with Crippen LogP contribution in [0.3, 0.4) is 0 Å². The summed E-state index contributed by atoms with van der Waals surface area (Å²) in [7, 11) is 1.88. The molecule has 8 nitrogen and oxygen atoms in total. The Labute approximate surface area is 197 Å². The van der Waals surface area contributed by atoms with E-state index in [1.165, 1.54) is 12.1 Å². The van der Waals surface area contributed by atoms with Crippen molar-refractivity contribution in [2.75, 3.05) is 18.5 Å². The van der Waals surface area contributed by atoms with Gasteiger partial charge in [-0.3, -0.25) is 4.68 Å². The third-order valence-electron chi connectivity index (χ3n) is 5.67. The van der Waals surface area contributed by atoms with E-state index in [1.54, 1.807) is 48.2 Å². The number of hydrogen-bond donors (Lipinski definition) is 1. The van der Waals surface area contributed by atoms with Gasteiger partial charge < -0.3 is 19.7 Å². The molecule has 0 unspecified atom stereocenters. The fraction of sp³-hybridized carbons (Fsp3) is 0.320. The smallest absolute Gasteiger partial charge is 0.340 e. The fourth-order valence-corrected chi connectivity index (χ4v) is 4.02. The standard InChI is InChI=1S/C25H27FN4O4/c1-3-34-24(31)19-9-4-5-10-21(19)27-25(32)30-12-11-23-20(14-30)22(28-29(23)2)16-33-15-17-7-6-8-18(26)13-17/h4-10,13H,3,11-12,14-16H2,1-2H3,(H,27,32). The third kappa shape index (κ3) is 5.26. The van der Waals surface area contributed by atoms with Gasteiger partial charge in [0.25, 0.3) is 0 Å². The summed E-state index contributed by atoms with van der Waals surface area (Å²) >= 11 is 0. The summed E-state index contributed by atoms with van der Waals surface area (Å²) in [5.74, 6) is -0.785. The van der Waals surface area contributed by atoms with Crippen LogP contribution in [0.15, 0.2) is 48.5 Å². The lowest BCUT2D eigenvalue weighted by Gasteiger charge is -2.28. The van der Waals surface area contributed by atoms with Crippen molar-refractivity contribution in [1.29, 1.82) is 0 Å². The van der Waals surface area contributed by atoms with Crippen molar-refractivity contribution < 1.29 is 23.5 Å². The van der Waals surface area contributed by atoms with Gasteiger partial charge in [0.15, 0.2) is 0 Å². The first-order valence-electron chi connectivity index (χ1n) is 11.1. The van der Waals surface area contributed by atoms with E-state index in [2.05, 4.69) is 10.4 Å². The molecule has 0 aliphatic carbocycles. The lowest BCUT2D eigenvalue weighted by Crippen LogP contribution is -2.39. The molecule has 0 bridgehead atoms. The molecule has 2 amide bonds. The maximum absolute atomic E-state index is 13.4. The second-order valence-electron chi connectivity index (χ2n) is 7.99. The molecule has 9 heteroatoms. The van der Waals surface area contributed by atoms with Gasteiger partial charge in [-0.05, 0) is 36.8 Å². The maximum Gasteiger partial charge on any atom is 0.340 e. The fourth-order valence-electron chi connectivity index (χ4n) is 4.02. The Morgan fingerprint density at radius 1 is 1.15 bits per heavy atom. The summed E-state index contributed by atoms with van der Waals surface area (Å²) in [6.07, 6.45) is 0.648. The number of ether oxygens (including phenoxy) is 2. The number of para-hydroxylation sites is 1. The SMILES string of the molecule is CCOC(=O)c1ccccc1NC(=O)N1CCc2c(c(COCc3cccc(F)c3)nn2C)C1. The summed E-state index contributed by atoms with van der Waals surface area (Å²) in [6, 6.07) is 12.7. The van der Waals surface area contributed by atoms with Crippen LogP contribution in [-0.2, 0) is 42.7 Å². The highest BCUT2D eigenvalue weighted by Gasteiger charge is 2.27. The molecule has 1 aliphatic rings. The molecule has 1 N–H and O–H groups in total. The van der Waals surface area contributed by atoms with Crippen LogP contribution in [0.1, 0.15) is 39.8 Å². The number of carbonyl (C=O) groups excluding carboxylic acids is 2. The van der Waals surface area contributed by atoms with Crippen molar-refractivity contribution in [1.82, 2.24) is 14.7 Å². The topological polar surface area (TPSA) is 85.7 Å². The second kappa shape index (κ2) is 10.5. The highest BCUT2D eigenvalue weighted by atomic mass is 19.1. The number of nitrogens with one attached hydrogen (secondary N) is 1. The molecular formula is C25H27FN4O4.